The van der Waals surface area contributed by atoms with Crippen LogP contribution in [0.1, 0.15) is 23.8 Å². The molecule has 0 aromatic carbocycles. The monoisotopic (exact) mass is 244 g/mol. The summed E-state index contributed by atoms with van der Waals surface area (Å²) in [7, 11) is 1.67. The number of nitrogens with zero attached hydrogens (tertiary/aromatic N) is 1. The molecule has 16 heavy (non-hydrogen) atoms. The van der Waals surface area contributed by atoms with Crippen LogP contribution in [0.2, 0.25) is 5.02 Å². The Bertz CT molecular complexity index is 414. The van der Waals surface area contributed by atoms with Crippen molar-refractivity contribution in [1.29, 1.82) is 0 Å². The highest BCUT2D eigenvalue weighted by atomic mass is 35.5. The van der Waals surface area contributed by atoms with E-state index in [1.54, 1.807) is 24.7 Å². The molecule has 1 heterocycles. The summed E-state index contributed by atoms with van der Waals surface area (Å²) in [5.41, 5.74) is 0.338. The largest absolute Gasteiger partial charge is 0.480 e. The molecule has 1 rings (SSSR count). The van der Waals surface area contributed by atoms with Gasteiger partial charge in [-0.25, -0.2) is 4.79 Å². The Morgan fingerprint density at radius 1 is 1.62 bits per heavy atom. The molecular weight excluding hydrogens is 232 g/mol. The fraction of sp³-hybridized carbons (Fsp3) is 0.400. The summed E-state index contributed by atoms with van der Waals surface area (Å²) in [6, 6.07) is 0.618. The predicted octanol–water partition coefficient (Wildman–Crippen LogP) is 1.27. The second kappa shape index (κ2) is 5.03. The number of carboxylic acid groups (broad SMARTS) is 1. The Balaban J connectivity index is 2.79. The third-order valence-electron chi connectivity index (χ3n) is 2.22. The second-order valence-corrected chi connectivity index (χ2v) is 3.86. The molecule has 0 bridgehead atoms. The van der Waals surface area contributed by atoms with Gasteiger partial charge in [-0.3, -0.25) is 4.79 Å². The van der Waals surface area contributed by atoms with E-state index in [-0.39, 0.29) is 0 Å². The summed E-state index contributed by atoms with van der Waals surface area (Å²) in [5, 5.41) is 11.7. The Kier molecular flexibility index (Phi) is 3.95. The van der Waals surface area contributed by atoms with E-state index in [1.165, 1.54) is 6.07 Å². The SMILES string of the molecule is CCC(NC(=O)c1cc(Cl)cn1C)C(=O)O. The van der Waals surface area contributed by atoms with Crippen molar-refractivity contribution in [3.05, 3.63) is 23.0 Å². The maximum absolute atomic E-state index is 11.7. The van der Waals surface area contributed by atoms with Gasteiger partial charge in [0.15, 0.2) is 0 Å². The van der Waals surface area contributed by atoms with Gasteiger partial charge in [-0.05, 0) is 12.5 Å². The van der Waals surface area contributed by atoms with Gasteiger partial charge in [-0.2, -0.15) is 0 Å². The number of carbonyl (C=O) groups is 2. The lowest BCUT2D eigenvalue weighted by atomic mass is 10.2. The van der Waals surface area contributed by atoms with Gasteiger partial charge < -0.3 is 15.0 Å². The lowest BCUT2D eigenvalue weighted by molar-refractivity contribution is -0.139. The summed E-state index contributed by atoms with van der Waals surface area (Å²) >= 11 is 5.73. The fourth-order valence-electron chi connectivity index (χ4n) is 1.32. The van der Waals surface area contributed by atoms with E-state index < -0.39 is 17.9 Å². The summed E-state index contributed by atoms with van der Waals surface area (Å²) in [6.07, 6.45) is 1.91. The molecule has 0 aliphatic rings. The number of carbonyl (C=O) groups excluding carboxylic acids is 1. The number of hydrogen-bond acceptors (Lipinski definition) is 2. The molecule has 1 aromatic heterocycles. The van der Waals surface area contributed by atoms with Crippen molar-refractivity contribution in [2.75, 3.05) is 0 Å². The summed E-state index contributed by atoms with van der Waals surface area (Å²) in [4.78, 5) is 22.4. The molecule has 0 aliphatic carbocycles. The van der Waals surface area contributed by atoms with Crippen molar-refractivity contribution >= 4 is 23.5 Å². The number of nitrogens with one attached hydrogen (secondary N) is 1. The number of aryl methyl sites for hydroxylation is 1. The van der Waals surface area contributed by atoms with E-state index in [9.17, 15) is 9.59 Å². The molecule has 0 spiro atoms. The van der Waals surface area contributed by atoms with E-state index in [0.717, 1.165) is 0 Å². The van der Waals surface area contributed by atoms with Gasteiger partial charge >= 0.3 is 5.97 Å². The van der Waals surface area contributed by atoms with Crippen LogP contribution in [0, 0.1) is 0 Å². The van der Waals surface area contributed by atoms with Crippen molar-refractivity contribution < 1.29 is 14.7 Å². The van der Waals surface area contributed by atoms with Gasteiger partial charge in [0.05, 0.1) is 5.02 Å². The van der Waals surface area contributed by atoms with Gasteiger partial charge in [0.1, 0.15) is 11.7 Å². The molecule has 1 unspecified atom stereocenters. The van der Waals surface area contributed by atoms with E-state index in [0.29, 0.717) is 17.1 Å². The van der Waals surface area contributed by atoms with Crippen LogP contribution in [0.15, 0.2) is 12.3 Å². The quantitative estimate of drug-likeness (QED) is 0.838. The molecule has 1 atom stereocenters. The van der Waals surface area contributed by atoms with E-state index in [2.05, 4.69) is 5.32 Å². The smallest absolute Gasteiger partial charge is 0.326 e. The number of hydrogen-bond donors (Lipinski definition) is 2. The van der Waals surface area contributed by atoms with Gasteiger partial charge in [-0.15, -0.1) is 0 Å². The number of aliphatic carboxylic acids is 1. The van der Waals surface area contributed by atoms with Crippen LogP contribution in [0.25, 0.3) is 0 Å². The zero-order valence-corrected chi connectivity index (χ0v) is 9.78. The molecule has 1 aromatic rings. The average molecular weight is 245 g/mol. The lowest BCUT2D eigenvalue weighted by Crippen LogP contribution is -2.40. The maximum Gasteiger partial charge on any atom is 0.326 e. The summed E-state index contributed by atoms with van der Waals surface area (Å²) < 4.78 is 1.55. The molecule has 0 radical (unpaired) electrons. The molecular formula is C10H13ClN2O3. The molecule has 0 saturated carbocycles. The first-order valence-electron chi connectivity index (χ1n) is 4.81. The Hall–Kier alpha value is -1.49. The van der Waals surface area contributed by atoms with E-state index >= 15 is 0 Å². The highest BCUT2D eigenvalue weighted by Gasteiger charge is 2.20. The molecule has 0 saturated heterocycles. The van der Waals surface area contributed by atoms with Crippen LogP contribution in [-0.2, 0) is 11.8 Å². The molecule has 0 aliphatic heterocycles. The fourth-order valence-corrected chi connectivity index (χ4v) is 1.57. The van der Waals surface area contributed by atoms with Crippen molar-refractivity contribution in [3.8, 4) is 0 Å². The van der Waals surface area contributed by atoms with Crippen LogP contribution in [0.5, 0.6) is 0 Å². The number of carboxylic acids is 1. The van der Waals surface area contributed by atoms with Crippen LogP contribution < -0.4 is 5.32 Å². The third-order valence-corrected chi connectivity index (χ3v) is 2.42. The highest BCUT2D eigenvalue weighted by molar-refractivity contribution is 6.31. The minimum atomic E-state index is -1.05. The number of rotatable bonds is 4. The lowest BCUT2D eigenvalue weighted by Gasteiger charge is -2.12. The standard InChI is InChI=1S/C10H13ClN2O3/c1-3-7(10(15)16)12-9(14)8-4-6(11)5-13(8)2/h4-5,7H,3H2,1-2H3,(H,12,14)(H,15,16). The number of aromatic nitrogens is 1. The summed E-state index contributed by atoms with van der Waals surface area (Å²) in [6.45, 7) is 1.69. The topological polar surface area (TPSA) is 71.3 Å². The maximum atomic E-state index is 11.7. The van der Waals surface area contributed by atoms with E-state index in [4.69, 9.17) is 16.7 Å². The second-order valence-electron chi connectivity index (χ2n) is 3.43. The van der Waals surface area contributed by atoms with E-state index in [1.807, 2.05) is 0 Å². The van der Waals surface area contributed by atoms with Crippen molar-refractivity contribution in [2.24, 2.45) is 7.05 Å². The minimum absolute atomic E-state index is 0.333. The zero-order valence-electron chi connectivity index (χ0n) is 9.03. The number of amides is 1. The predicted molar refractivity (Wildman–Crippen MR) is 59.6 cm³/mol. The van der Waals surface area contributed by atoms with Crippen LogP contribution in [-0.4, -0.2) is 27.6 Å². The highest BCUT2D eigenvalue weighted by Crippen LogP contribution is 2.12. The normalized spacial score (nSPS) is 12.2. The average Bonchev–Trinajstić information content (AvgIpc) is 2.53. The van der Waals surface area contributed by atoms with Gasteiger partial charge in [0, 0.05) is 13.2 Å². The Labute approximate surface area is 98.0 Å². The molecule has 88 valence electrons. The molecule has 2 N–H and O–H groups in total. The molecule has 6 heteroatoms. The summed E-state index contributed by atoms with van der Waals surface area (Å²) in [5.74, 6) is -1.49. The minimum Gasteiger partial charge on any atom is -0.480 e. The third kappa shape index (κ3) is 2.76. The van der Waals surface area contributed by atoms with Gasteiger partial charge in [-0.1, -0.05) is 18.5 Å². The van der Waals surface area contributed by atoms with Crippen molar-refractivity contribution in [3.63, 3.8) is 0 Å². The molecule has 0 fully saturated rings. The molecule has 1 amide bonds. The van der Waals surface area contributed by atoms with Crippen molar-refractivity contribution in [2.45, 2.75) is 19.4 Å². The Morgan fingerprint density at radius 2 is 2.25 bits per heavy atom. The van der Waals surface area contributed by atoms with Gasteiger partial charge in [0.2, 0.25) is 0 Å². The van der Waals surface area contributed by atoms with Crippen LogP contribution >= 0.6 is 11.6 Å². The first-order valence-corrected chi connectivity index (χ1v) is 5.19. The van der Waals surface area contributed by atoms with Crippen molar-refractivity contribution in [1.82, 2.24) is 9.88 Å². The Morgan fingerprint density at radius 3 is 2.62 bits per heavy atom. The van der Waals surface area contributed by atoms with Gasteiger partial charge in [0.25, 0.3) is 5.91 Å². The zero-order chi connectivity index (χ0) is 12.3. The van der Waals surface area contributed by atoms with Crippen LogP contribution in [0.4, 0.5) is 0 Å². The first kappa shape index (κ1) is 12.6. The first-order chi connectivity index (χ1) is 7.45. The molecule has 5 nitrogen and oxygen atoms in total. The van der Waals surface area contributed by atoms with Crippen LogP contribution in [0.3, 0.4) is 0 Å². The number of halogens is 1.